The van der Waals surface area contributed by atoms with Gasteiger partial charge in [0.2, 0.25) is 5.91 Å². The maximum Gasteiger partial charge on any atom is 0.416 e. The highest BCUT2D eigenvalue weighted by Gasteiger charge is 2.37. The summed E-state index contributed by atoms with van der Waals surface area (Å²) in [6, 6.07) is 8.45. The number of aromatic nitrogens is 1. The number of ether oxygens (including phenoxy) is 1. The minimum atomic E-state index is -4.88. The van der Waals surface area contributed by atoms with Crippen LogP contribution in [0.5, 0.6) is 5.75 Å². The number of nitrogens with zero attached hydrogens (tertiary/aromatic N) is 1. The number of esters is 1. The summed E-state index contributed by atoms with van der Waals surface area (Å²) in [5.41, 5.74) is -2.10. The minimum Gasteiger partial charge on any atom is -0.507 e. The fourth-order valence-electron chi connectivity index (χ4n) is 5.64. The van der Waals surface area contributed by atoms with Gasteiger partial charge in [0.15, 0.2) is 0 Å². The molecule has 1 heterocycles. The highest BCUT2D eigenvalue weighted by Crippen LogP contribution is 2.37. The SMILES string of the molecule is CCOC(=O)C[C@H](NC(=O)C(c1cc(Br)ccc1F)n1ccc(C(F)(F)F)c(CC)c1=O)c1cc(-c2c(C)cccc2O)cc(C)c1F. The van der Waals surface area contributed by atoms with E-state index in [-0.39, 0.29) is 35.5 Å². The number of halogens is 6. The fraction of sp³-hybridized carbons (Fsp3) is 0.286. The van der Waals surface area contributed by atoms with E-state index in [1.807, 2.05) is 0 Å². The lowest BCUT2D eigenvalue weighted by atomic mass is 9.92. The van der Waals surface area contributed by atoms with E-state index in [9.17, 15) is 32.7 Å². The second-order valence-electron chi connectivity index (χ2n) is 11.1. The molecule has 0 radical (unpaired) electrons. The highest BCUT2D eigenvalue weighted by molar-refractivity contribution is 9.10. The number of pyridine rings is 1. The number of aromatic hydroxyl groups is 1. The molecule has 2 N–H and O–H groups in total. The molecule has 0 fully saturated rings. The molecule has 254 valence electrons. The van der Waals surface area contributed by atoms with Gasteiger partial charge in [-0.15, -0.1) is 0 Å². The number of phenols is 1. The maximum atomic E-state index is 15.9. The van der Waals surface area contributed by atoms with Gasteiger partial charge in [0, 0.05) is 32.9 Å². The number of aryl methyl sites for hydroxylation is 2. The lowest BCUT2D eigenvalue weighted by Crippen LogP contribution is -2.42. The van der Waals surface area contributed by atoms with Gasteiger partial charge in [-0.1, -0.05) is 35.0 Å². The van der Waals surface area contributed by atoms with Crippen LogP contribution in [-0.4, -0.2) is 28.2 Å². The van der Waals surface area contributed by atoms with E-state index in [0.717, 1.165) is 12.3 Å². The summed E-state index contributed by atoms with van der Waals surface area (Å²) in [4.78, 5) is 40.6. The van der Waals surface area contributed by atoms with Crippen LogP contribution in [-0.2, 0) is 26.9 Å². The van der Waals surface area contributed by atoms with E-state index in [0.29, 0.717) is 31.8 Å². The van der Waals surface area contributed by atoms with Crippen LogP contribution in [0.1, 0.15) is 65.7 Å². The predicted octanol–water partition coefficient (Wildman–Crippen LogP) is 7.86. The Balaban J connectivity index is 1.93. The van der Waals surface area contributed by atoms with Gasteiger partial charge in [0.25, 0.3) is 5.56 Å². The molecule has 0 bridgehead atoms. The Kier molecular flexibility index (Phi) is 11.1. The summed E-state index contributed by atoms with van der Waals surface area (Å²) in [7, 11) is 0. The zero-order valence-corrected chi connectivity index (χ0v) is 27.9. The molecular formula is C35H32BrF5N2O5. The van der Waals surface area contributed by atoms with Crippen molar-refractivity contribution in [2.45, 2.75) is 58.8 Å². The Labute approximate surface area is 281 Å². The summed E-state index contributed by atoms with van der Waals surface area (Å²) in [5.74, 6) is -3.80. The van der Waals surface area contributed by atoms with Gasteiger partial charge in [-0.3, -0.25) is 19.0 Å². The average Bonchev–Trinajstić information content (AvgIpc) is 3.00. The molecule has 0 aliphatic heterocycles. The Morgan fingerprint density at radius 2 is 1.71 bits per heavy atom. The first-order valence-corrected chi connectivity index (χ1v) is 15.7. The number of phenolic OH excluding ortho intramolecular Hbond substituents is 1. The van der Waals surface area contributed by atoms with Gasteiger partial charge in [0.1, 0.15) is 23.4 Å². The summed E-state index contributed by atoms with van der Waals surface area (Å²) in [6.45, 7) is 6.03. The highest BCUT2D eigenvalue weighted by atomic mass is 79.9. The maximum absolute atomic E-state index is 15.9. The third-order valence-electron chi connectivity index (χ3n) is 7.85. The number of benzene rings is 3. The first-order valence-electron chi connectivity index (χ1n) is 14.9. The number of carbonyl (C=O) groups excluding carboxylic acids is 2. The van der Waals surface area contributed by atoms with Gasteiger partial charge >= 0.3 is 12.1 Å². The van der Waals surface area contributed by atoms with E-state index in [2.05, 4.69) is 21.2 Å². The van der Waals surface area contributed by atoms with Crippen molar-refractivity contribution < 1.29 is 41.4 Å². The number of hydrogen-bond acceptors (Lipinski definition) is 5. The van der Waals surface area contributed by atoms with E-state index >= 15 is 8.78 Å². The largest absolute Gasteiger partial charge is 0.507 e. The number of amides is 1. The van der Waals surface area contributed by atoms with Crippen LogP contribution in [0.15, 0.2) is 70.1 Å². The van der Waals surface area contributed by atoms with Crippen LogP contribution in [0.2, 0.25) is 0 Å². The molecule has 0 saturated carbocycles. The van der Waals surface area contributed by atoms with Gasteiger partial charge in [-0.05, 0) is 86.3 Å². The molecule has 4 rings (SSSR count). The van der Waals surface area contributed by atoms with E-state index < -0.39 is 64.9 Å². The third kappa shape index (κ3) is 7.61. The van der Waals surface area contributed by atoms with Crippen molar-refractivity contribution in [2.75, 3.05) is 6.61 Å². The van der Waals surface area contributed by atoms with Crippen LogP contribution in [0.4, 0.5) is 22.0 Å². The minimum absolute atomic E-state index is 0.0370. The predicted molar refractivity (Wildman–Crippen MR) is 172 cm³/mol. The van der Waals surface area contributed by atoms with Crippen LogP contribution < -0.4 is 10.9 Å². The van der Waals surface area contributed by atoms with Gasteiger partial charge in [0.05, 0.1) is 24.6 Å². The molecule has 0 aliphatic rings. The molecule has 0 saturated heterocycles. The third-order valence-corrected chi connectivity index (χ3v) is 8.34. The number of carbonyl (C=O) groups is 2. The van der Waals surface area contributed by atoms with Crippen molar-refractivity contribution in [1.29, 1.82) is 0 Å². The van der Waals surface area contributed by atoms with Gasteiger partial charge in [-0.25, -0.2) is 8.78 Å². The summed E-state index contributed by atoms with van der Waals surface area (Å²) >= 11 is 3.20. The monoisotopic (exact) mass is 734 g/mol. The van der Waals surface area contributed by atoms with Crippen LogP contribution in [0, 0.1) is 25.5 Å². The quantitative estimate of drug-likeness (QED) is 0.128. The lowest BCUT2D eigenvalue weighted by Gasteiger charge is -2.26. The Morgan fingerprint density at radius 1 is 1.00 bits per heavy atom. The molecule has 0 aliphatic carbocycles. The second-order valence-corrected chi connectivity index (χ2v) is 12.0. The molecule has 48 heavy (non-hydrogen) atoms. The zero-order chi connectivity index (χ0) is 35.5. The number of nitrogens with one attached hydrogen (secondary N) is 1. The molecule has 1 unspecified atom stereocenters. The van der Waals surface area contributed by atoms with Crippen LogP contribution in [0.3, 0.4) is 0 Å². The summed E-state index contributed by atoms with van der Waals surface area (Å²) in [5, 5.41) is 13.2. The zero-order valence-electron chi connectivity index (χ0n) is 26.3. The first kappa shape index (κ1) is 36.3. The normalized spacial score (nSPS) is 12.8. The Hall–Kier alpha value is -4.52. The van der Waals surface area contributed by atoms with Crippen molar-refractivity contribution in [3.05, 3.63) is 121 Å². The fourth-order valence-corrected chi connectivity index (χ4v) is 6.02. The van der Waals surface area contributed by atoms with Crippen molar-refractivity contribution >= 4 is 27.8 Å². The molecule has 0 spiro atoms. The van der Waals surface area contributed by atoms with Crippen LogP contribution >= 0.6 is 15.9 Å². The molecule has 13 heteroatoms. The molecule has 4 aromatic rings. The summed E-state index contributed by atoms with van der Waals surface area (Å²) < 4.78 is 78.7. The topological polar surface area (TPSA) is 97.6 Å². The number of alkyl halides is 3. The molecule has 3 aromatic carbocycles. The first-order chi connectivity index (χ1) is 22.6. The standard InChI is InChI=1S/C35H32BrF5N2O5/c1-5-22-25(35(39,40)41)12-13-43(34(22)47)32(23-16-21(36)10-11-26(23)37)33(46)42-27(17-29(45)48-6-2)24-15-20(14-19(4)31(24)38)30-18(3)8-7-9-28(30)44/h7-16,27,32,44H,5-6,17H2,1-4H3,(H,42,46)/t27-,32?/m0/s1. The second kappa shape index (κ2) is 14.7. The smallest absolute Gasteiger partial charge is 0.416 e. The molecular weight excluding hydrogens is 703 g/mol. The van der Waals surface area contributed by atoms with E-state index in [4.69, 9.17) is 4.74 Å². The van der Waals surface area contributed by atoms with Crippen molar-refractivity contribution in [3.63, 3.8) is 0 Å². The van der Waals surface area contributed by atoms with Gasteiger partial charge in [-0.2, -0.15) is 13.2 Å². The number of hydrogen-bond donors (Lipinski definition) is 2. The lowest BCUT2D eigenvalue weighted by molar-refractivity contribution is -0.144. The number of rotatable bonds is 10. The van der Waals surface area contributed by atoms with Crippen molar-refractivity contribution in [2.24, 2.45) is 0 Å². The molecule has 2 atom stereocenters. The summed E-state index contributed by atoms with van der Waals surface area (Å²) in [6.07, 6.45) is -5.08. The van der Waals surface area contributed by atoms with Crippen molar-refractivity contribution in [1.82, 2.24) is 9.88 Å². The van der Waals surface area contributed by atoms with Crippen LogP contribution in [0.25, 0.3) is 11.1 Å². The molecule has 1 aromatic heterocycles. The molecule has 1 amide bonds. The molecule has 7 nitrogen and oxygen atoms in total. The van der Waals surface area contributed by atoms with Crippen molar-refractivity contribution in [3.8, 4) is 16.9 Å². The van der Waals surface area contributed by atoms with Gasteiger partial charge < -0.3 is 15.2 Å². The Morgan fingerprint density at radius 3 is 2.33 bits per heavy atom. The average molecular weight is 736 g/mol. The Bertz CT molecular complexity index is 1900. The van der Waals surface area contributed by atoms with E-state index in [1.165, 1.54) is 44.2 Å². The van der Waals surface area contributed by atoms with E-state index in [1.54, 1.807) is 26.0 Å².